The Balaban J connectivity index is 1.40. The highest BCUT2D eigenvalue weighted by Crippen LogP contribution is 2.36. The Morgan fingerprint density at radius 1 is 1.16 bits per heavy atom. The summed E-state index contributed by atoms with van der Waals surface area (Å²) in [6.07, 6.45) is 1.10. The molecular weight excluding hydrogens is 426 g/mol. The monoisotopic (exact) mass is 451 g/mol. The van der Waals surface area contributed by atoms with Crippen LogP contribution in [0.25, 0.3) is 0 Å². The van der Waals surface area contributed by atoms with Crippen LogP contribution in [0.2, 0.25) is 0 Å². The van der Waals surface area contributed by atoms with Gasteiger partial charge in [-0.2, -0.15) is 0 Å². The van der Waals surface area contributed by atoms with Crippen molar-refractivity contribution in [1.82, 2.24) is 14.9 Å². The normalized spacial score (nSPS) is 22.0. The van der Waals surface area contributed by atoms with Crippen LogP contribution in [0, 0.1) is 0 Å². The minimum Gasteiger partial charge on any atom is -0.378 e. The molecule has 3 aliphatic heterocycles. The highest BCUT2D eigenvalue weighted by atomic mass is 19.3. The second kappa shape index (κ2) is 7.84. The lowest BCUT2D eigenvalue weighted by Gasteiger charge is -2.47. The van der Waals surface area contributed by atoms with E-state index in [9.17, 15) is 17.6 Å². The number of hydrogen-bond donors (Lipinski definition) is 1. The Hall–Kier alpha value is -2.46. The first-order valence-corrected chi connectivity index (χ1v) is 10.7. The van der Waals surface area contributed by atoms with Gasteiger partial charge in [-0.05, 0) is 29.8 Å². The van der Waals surface area contributed by atoms with Crippen molar-refractivity contribution in [3.8, 4) is 0 Å². The van der Waals surface area contributed by atoms with Gasteiger partial charge in [-0.1, -0.05) is 0 Å². The lowest BCUT2D eigenvalue weighted by atomic mass is 9.90. The Bertz CT molecular complexity index is 989. The van der Waals surface area contributed by atoms with E-state index in [4.69, 9.17) is 4.74 Å². The molecule has 6 nitrogen and oxygen atoms in total. The van der Waals surface area contributed by atoms with E-state index in [1.165, 1.54) is 18.3 Å². The van der Waals surface area contributed by atoms with Crippen LogP contribution in [-0.2, 0) is 10.7 Å². The number of anilines is 3. The van der Waals surface area contributed by atoms with Crippen molar-refractivity contribution in [3.05, 3.63) is 41.6 Å². The zero-order valence-corrected chi connectivity index (χ0v) is 17.7. The molecule has 0 atom stereocenters. The van der Waals surface area contributed by atoms with Crippen molar-refractivity contribution in [3.63, 3.8) is 0 Å². The van der Waals surface area contributed by atoms with Gasteiger partial charge in [0.2, 0.25) is 0 Å². The van der Waals surface area contributed by atoms with Crippen LogP contribution in [0.15, 0.2) is 30.5 Å². The SMILES string of the molecule is CC(F)(F)c1ccnc(Nc2cc(C3CN(C4COC4)C3)cc(N3CCC(F)(F)C3)n2)c1. The van der Waals surface area contributed by atoms with Gasteiger partial charge in [-0.25, -0.2) is 27.5 Å². The lowest BCUT2D eigenvalue weighted by molar-refractivity contribution is -0.0906. The van der Waals surface area contributed by atoms with Crippen LogP contribution in [-0.4, -0.2) is 66.2 Å². The molecule has 5 heterocycles. The molecule has 0 spiro atoms. The highest BCUT2D eigenvalue weighted by molar-refractivity contribution is 5.59. The Morgan fingerprint density at radius 3 is 2.56 bits per heavy atom. The van der Waals surface area contributed by atoms with E-state index >= 15 is 0 Å². The van der Waals surface area contributed by atoms with Gasteiger partial charge in [0.1, 0.15) is 17.5 Å². The van der Waals surface area contributed by atoms with E-state index in [2.05, 4.69) is 20.2 Å². The van der Waals surface area contributed by atoms with E-state index in [-0.39, 0.29) is 36.8 Å². The standard InChI is InChI=1S/C22H25F4N5O/c1-21(23,24)16-2-4-27-18(8-16)28-19-6-14(15-9-31(10-15)17-11-32-12-17)7-20(29-19)30-5-3-22(25,26)13-30/h2,4,6-8,15,17H,3,5,9-13H2,1H3,(H,27,28,29). The van der Waals surface area contributed by atoms with Crippen molar-refractivity contribution < 1.29 is 22.3 Å². The maximum Gasteiger partial charge on any atom is 0.270 e. The van der Waals surface area contributed by atoms with E-state index < -0.39 is 11.8 Å². The molecule has 0 radical (unpaired) electrons. The van der Waals surface area contributed by atoms with Gasteiger partial charge in [-0.15, -0.1) is 0 Å². The van der Waals surface area contributed by atoms with Crippen molar-refractivity contribution in [1.29, 1.82) is 0 Å². The van der Waals surface area contributed by atoms with Crippen molar-refractivity contribution in [2.45, 2.75) is 37.1 Å². The number of ether oxygens (including phenoxy) is 1. The predicted octanol–water partition coefficient (Wildman–Crippen LogP) is 3.98. The van der Waals surface area contributed by atoms with Crippen LogP contribution in [0.3, 0.4) is 0 Å². The molecule has 0 bridgehead atoms. The fourth-order valence-electron chi connectivity index (χ4n) is 4.29. The summed E-state index contributed by atoms with van der Waals surface area (Å²) in [7, 11) is 0. The van der Waals surface area contributed by atoms with Crippen LogP contribution in [0.5, 0.6) is 0 Å². The molecule has 1 N–H and O–H groups in total. The smallest absolute Gasteiger partial charge is 0.270 e. The average Bonchev–Trinajstić information content (AvgIpc) is 3.02. The quantitative estimate of drug-likeness (QED) is 0.671. The summed E-state index contributed by atoms with van der Waals surface area (Å²) in [5, 5.41) is 3.00. The molecule has 0 aromatic carbocycles. The first-order valence-electron chi connectivity index (χ1n) is 10.7. The molecule has 10 heteroatoms. The summed E-state index contributed by atoms with van der Waals surface area (Å²) >= 11 is 0. The molecule has 2 aromatic heterocycles. The molecule has 5 rings (SSSR count). The second-order valence-corrected chi connectivity index (χ2v) is 8.96. The summed E-state index contributed by atoms with van der Waals surface area (Å²) in [4.78, 5) is 12.6. The van der Waals surface area contributed by atoms with Gasteiger partial charge in [-0.3, -0.25) is 4.90 Å². The largest absolute Gasteiger partial charge is 0.378 e. The Kier molecular flexibility index (Phi) is 5.24. The van der Waals surface area contributed by atoms with Gasteiger partial charge >= 0.3 is 0 Å². The van der Waals surface area contributed by atoms with E-state index in [1.807, 2.05) is 12.1 Å². The zero-order valence-electron chi connectivity index (χ0n) is 17.7. The summed E-state index contributed by atoms with van der Waals surface area (Å²) in [6.45, 7) is 3.88. The summed E-state index contributed by atoms with van der Waals surface area (Å²) in [6, 6.07) is 6.72. The van der Waals surface area contributed by atoms with Crippen LogP contribution in [0.1, 0.15) is 30.4 Å². The zero-order chi connectivity index (χ0) is 22.5. The van der Waals surface area contributed by atoms with Gasteiger partial charge in [0.05, 0.1) is 25.8 Å². The number of halogens is 4. The molecule has 0 amide bonds. The van der Waals surface area contributed by atoms with Gasteiger partial charge < -0.3 is 15.0 Å². The first-order chi connectivity index (χ1) is 15.2. The summed E-state index contributed by atoms with van der Waals surface area (Å²) in [5.41, 5.74) is 0.823. The van der Waals surface area contributed by atoms with E-state index in [1.54, 1.807) is 4.90 Å². The fourth-order valence-corrected chi connectivity index (χ4v) is 4.29. The molecule has 172 valence electrons. The number of aromatic nitrogens is 2. The van der Waals surface area contributed by atoms with E-state index in [0.29, 0.717) is 17.7 Å². The second-order valence-electron chi connectivity index (χ2n) is 8.96. The maximum atomic E-state index is 13.8. The molecular formula is C22H25F4N5O. The number of hydrogen-bond acceptors (Lipinski definition) is 6. The van der Waals surface area contributed by atoms with Crippen LogP contribution >= 0.6 is 0 Å². The number of nitrogens with one attached hydrogen (secondary N) is 1. The van der Waals surface area contributed by atoms with Gasteiger partial charge in [0.25, 0.3) is 11.8 Å². The van der Waals surface area contributed by atoms with E-state index in [0.717, 1.165) is 38.8 Å². The molecule has 32 heavy (non-hydrogen) atoms. The lowest BCUT2D eigenvalue weighted by Crippen LogP contribution is -2.58. The molecule has 3 saturated heterocycles. The summed E-state index contributed by atoms with van der Waals surface area (Å²) in [5.74, 6) is -4.40. The third-order valence-electron chi connectivity index (χ3n) is 6.37. The first kappa shape index (κ1) is 21.4. The molecule has 3 fully saturated rings. The third kappa shape index (κ3) is 4.38. The van der Waals surface area contributed by atoms with Crippen LogP contribution < -0.4 is 10.2 Å². The number of likely N-dealkylation sites (tertiary alicyclic amines) is 1. The number of rotatable bonds is 6. The Labute approximate surface area is 183 Å². The third-order valence-corrected chi connectivity index (χ3v) is 6.37. The van der Waals surface area contributed by atoms with Crippen molar-refractivity contribution >= 4 is 17.5 Å². The maximum absolute atomic E-state index is 13.8. The van der Waals surface area contributed by atoms with Gasteiger partial charge in [0, 0.05) is 50.7 Å². The molecule has 2 aromatic rings. The number of alkyl halides is 4. The average molecular weight is 451 g/mol. The molecule has 3 aliphatic rings. The fraction of sp³-hybridized carbons (Fsp3) is 0.545. The summed E-state index contributed by atoms with van der Waals surface area (Å²) < 4.78 is 60.3. The molecule has 0 unspecified atom stereocenters. The van der Waals surface area contributed by atoms with Crippen molar-refractivity contribution in [2.75, 3.05) is 49.6 Å². The van der Waals surface area contributed by atoms with Crippen LogP contribution in [0.4, 0.5) is 35.0 Å². The number of pyridine rings is 2. The highest BCUT2D eigenvalue weighted by Gasteiger charge is 2.40. The topological polar surface area (TPSA) is 53.5 Å². The minimum atomic E-state index is -3.00. The molecule has 0 aliphatic carbocycles. The van der Waals surface area contributed by atoms with Gasteiger partial charge in [0.15, 0.2) is 0 Å². The number of nitrogens with zero attached hydrogens (tertiary/aromatic N) is 4. The molecule has 0 saturated carbocycles. The van der Waals surface area contributed by atoms with Crippen molar-refractivity contribution in [2.24, 2.45) is 0 Å². The predicted molar refractivity (Wildman–Crippen MR) is 112 cm³/mol. The Morgan fingerprint density at radius 2 is 1.94 bits per heavy atom. The minimum absolute atomic E-state index is 0.164.